The largest absolute Gasteiger partial charge is 0.493 e. The summed E-state index contributed by atoms with van der Waals surface area (Å²) < 4.78 is 7.78. The molecule has 4 rings (SSSR count). The number of nitrogens with zero attached hydrogens (tertiary/aromatic N) is 3. The molecule has 1 heterocycles. The molecule has 27 heavy (non-hydrogen) atoms. The van der Waals surface area contributed by atoms with Gasteiger partial charge in [0, 0.05) is 12.8 Å². The number of thioether (sulfide) groups is 1. The summed E-state index contributed by atoms with van der Waals surface area (Å²) in [5, 5.41) is 12.3. The molecule has 0 atom stereocenters. The molecule has 0 radical (unpaired) electrons. The van der Waals surface area contributed by atoms with Crippen LogP contribution in [0.4, 0.5) is 0 Å². The van der Waals surface area contributed by atoms with Gasteiger partial charge in [-0.05, 0) is 35.4 Å². The number of fused-ring (bicyclic) bond motifs is 1. The molecule has 0 N–H and O–H groups in total. The van der Waals surface area contributed by atoms with Crippen molar-refractivity contribution in [1.82, 2.24) is 14.8 Å². The molecule has 0 spiro atoms. The van der Waals surface area contributed by atoms with Crippen LogP contribution in [-0.4, -0.2) is 21.4 Å². The van der Waals surface area contributed by atoms with Crippen LogP contribution in [0.25, 0.3) is 22.2 Å². The number of para-hydroxylation sites is 1. The monoisotopic (exact) mass is 375 g/mol. The molecule has 5 heteroatoms. The molecule has 0 aliphatic rings. The van der Waals surface area contributed by atoms with Gasteiger partial charge in [-0.3, -0.25) is 0 Å². The molecule has 0 saturated heterocycles. The minimum Gasteiger partial charge on any atom is -0.493 e. The zero-order valence-corrected chi connectivity index (χ0v) is 16.2. The first-order chi connectivity index (χ1) is 13.3. The maximum atomic E-state index is 5.75. The summed E-state index contributed by atoms with van der Waals surface area (Å²) in [4.78, 5) is 0. The summed E-state index contributed by atoms with van der Waals surface area (Å²) >= 11 is 1.70. The van der Waals surface area contributed by atoms with E-state index in [4.69, 9.17) is 4.74 Å². The van der Waals surface area contributed by atoms with Crippen molar-refractivity contribution in [1.29, 1.82) is 0 Å². The maximum Gasteiger partial charge on any atom is 0.191 e. The van der Waals surface area contributed by atoms with Crippen LogP contribution in [0.2, 0.25) is 0 Å². The molecule has 0 bridgehead atoms. The highest BCUT2D eigenvalue weighted by molar-refractivity contribution is 7.98. The first kappa shape index (κ1) is 17.6. The Morgan fingerprint density at radius 3 is 2.59 bits per heavy atom. The highest BCUT2D eigenvalue weighted by Crippen LogP contribution is 2.32. The van der Waals surface area contributed by atoms with Crippen molar-refractivity contribution in [2.75, 3.05) is 6.61 Å². The topological polar surface area (TPSA) is 39.9 Å². The van der Waals surface area contributed by atoms with Gasteiger partial charge in [0.25, 0.3) is 0 Å². The summed E-state index contributed by atoms with van der Waals surface area (Å²) in [5.74, 6) is 2.50. The van der Waals surface area contributed by atoms with Crippen molar-refractivity contribution in [3.05, 3.63) is 72.3 Å². The minimum absolute atomic E-state index is 0.623. The van der Waals surface area contributed by atoms with E-state index >= 15 is 0 Å². The Morgan fingerprint density at radius 2 is 1.70 bits per heavy atom. The highest BCUT2D eigenvalue weighted by atomic mass is 32.2. The lowest BCUT2D eigenvalue weighted by molar-refractivity contribution is 0.341. The number of benzene rings is 3. The Bertz CT molecular complexity index is 1070. The van der Waals surface area contributed by atoms with Gasteiger partial charge in [-0.25, -0.2) is 0 Å². The lowest BCUT2D eigenvalue weighted by Gasteiger charge is -2.10. The molecule has 0 aliphatic carbocycles. The fraction of sp³-hybridized carbons (Fsp3) is 0.182. The summed E-state index contributed by atoms with van der Waals surface area (Å²) in [6.07, 6.45) is 0. The fourth-order valence-corrected chi connectivity index (χ4v) is 4.08. The zero-order valence-electron chi connectivity index (χ0n) is 15.4. The second-order valence-electron chi connectivity index (χ2n) is 6.22. The highest BCUT2D eigenvalue weighted by Gasteiger charge is 2.15. The van der Waals surface area contributed by atoms with E-state index in [-0.39, 0.29) is 0 Å². The third-order valence-electron chi connectivity index (χ3n) is 4.50. The summed E-state index contributed by atoms with van der Waals surface area (Å²) in [6, 6.07) is 22.9. The van der Waals surface area contributed by atoms with Gasteiger partial charge < -0.3 is 9.30 Å². The van der Waals surface area contributed by atoms with Gasteiger partial charge >= 0.3 is 0 Å². The van der Waals surface area contributed by atoms with E-state index in [1.54, 1.807) is 11.8 Å². The van der Waals surface area contributed by atoms with Crippen molar-refractivity contribution in [2.45, 2.75) is 17.8 Å². The van der Waals surface area contributed by atoms with Crippen molar-refractivity contribution >= 4 is 22.5 Å². The van der Waals surface area contributed by atoms with E-state index in [0.29, 0.717) is 6.61 Å². The van der Waals surface area contributed by atoms with Crippen LogP contribution >= 0.6 is 11.8 Å². The molecular formula is C22H21N3OS. The van der Waals surface area contributed by atoms with E-state index in [1.807, 2.05) is 42.8 Å². The Labute approximate surface area is 163 Å². The van der Waals surface area contributed by atoms with Crippen molar-refractivity contribution < 1.29 is 4.74 Å². The number of hydrogen-bond donors (Lipinski definition) is 0. The molecule has 0 unspecified atom stereocenters. The van der Waals surface area contributed by atoms with Gasteiger partial charge in [-0.2, -0.15) is 0 Å². The number of hydrogen-bond acceptors (Lipinski definition) is 4. The van der Waals surface area contributed by atoms with Crippen LogP contribution < -0.4 is 4.74 Å². The van der Waals surface area contributed by atoms with Gasteiger partial charge in [0.15, 0.2) is 11.0 Å². The van der Waals surface area contributed by atoms with Gasteiger partial charge in [0.1, 0.15) is 5.75 Å². The van der Waals surface area contributed by atoms with Gasteiger partial charge in [-0.1, -0.05) is 66.4 Å². The third-order valence-corrected chi connectivity index (χ3v) is 5.57. The van der Waals surface area contributed by atoms with Crippen LogP contribution in [0.5, 0.6) is 5.75 Å². The fourth-order valence-electron chi connectivity index (χ4n) is 3.17. The number of ether oxygens (including phenoxy) is 1. The molecule has 0 fully saturated rings. The molecule has 0 saturated carbocycles. The second-order valence-corrected chi connectivity index (χ2v) is 7.16. The Morgan fingerprint density at radius 1 is 0.926 bits per heavy atom. The molecule has 136 valence electrons. The van der Waals surface area contributed by atoms with Crippen LogP contribution in [0, 0.1) is 0 Å². The Balaban J connectivity index is 1.60. The minimum atomic E-state index is 0.623. The van der Waals surface area contributed by atoms with Gasteiger partial charge in [-0.15, -0.1) is 10.2 Å². The SMILES string of the molecule is CCOc1ccccc1-c1nnc(SCc2cccc3ccccc23)n1C. The van der Waals surface area contributed by atoms with Crippen LogP contribution in [0.1, 0.15) is 12.5 Å². The second kappa shape index (κ2) is 7.84. The summed E-state index contributed by atoms with van der Waals surface area (Å²) in [6.45, 7) is 2.61. The summed E-state index contributed by atoms with van der Waals surface area (Å²) in [5.41, 5.74) is 2.27. The third kappa shape index (κ3) is 3.55. The maximum absolute atomic E-state index is 5.75. The first-order valence-electron chi connectivity index (χ1n) is 8.99. The molecule has 4 nitrogen and oxygen atoms in total. The zero-order chi connectivity index (χ0) is 18.6. The molecule has 0 aliphatic heterocycles. The lowest BCUT2D eigenvalue weighted by atomic mass is 10.1. The van der Waals surface area contributed by atoms with Crippen LogP contribution in [-0.2, 0) is 12.8 Å². The number of rotatable bonds is 6. The van der Waals surface area contributed by atoms with Gasteiger partial charge in [0.05, 0.1) is 12.2 Å². The Hall–Kier alpha value is -2.79. The smallest absolute Gasteiger partial charge is 0.191 e. The standard InChI is InChI=1S/C22H21N3OS/c1-3-26-20-14-7-6-13-19(20)21-23-24-22(25(21)2)27-15-17-11-8-10-16-9-4-5-12-18(16)17/h4-14H,3,15H2,1-2H3. The van der Waals surface area contributed by atoms with Crippen LogP contribution in [0.3, 0.4) is 0 Å². The molecule has 0 amide bonds. The van der Waals surface area contributed by atoms with E-state index in [2.05, 4.69) is 52.7 Å². The summed E-state index contributed by atoms with van der Waals surface area (Å²) in [7, 11) is 2.00. The quantitative estimate of drug-likeness (QED) is 0.427. The predicted octanol–water partition coefficient (Wildman–Crippen LogP) is 5.33. The molecule has 1 aromatic heterocycles. The van der Waals surface area contributed by atoms with E-state index in [9.17, 15) is 0 Å². The van der Waals surface area contributed by atoms with E-state index in [0.717, 1.165) is 28.0 Å². The van der Waals surface area contributed by atoms with E-state index in [1.165, 1.54) is 16.3 Å². The van der Waals surface area contributed by atoms with Gasteiger partial charge in [0.2, 0.25) is 0 Å². The van der Waals surface area contributed by atoms with Crippen molar-refractivity contribution in [3.8, 4) is 17.1 Å². The van der Waals surface area contributed by atoms with E-state index < -0.39 is 0 Å². The first-order valence-corrected chi connectivity index (χ1v) is 9.97. The molecule has 3 aromatic carbocycles. The Kier molecular flexibility index (Phi) is 5.12. The average Bonchev–Trinajstić information content (AvgIpc) is 3.07. The van der Waals surface area contributed by atoms with Crippen molar-refractivity contribution in [2.24, 2.45) is 7.05 Å². The average molecular weight is 375 g/mol. The molecule has 4 aromatic rings. The van der Waals surface area contributed by atoms with Crippen LogP contribution in [0.15, 0.2) is 71.9 Å². The number of aromatic nitrogens is 3. The lowest BCUT2D eigenvalue weighted by Crippen LogP contribution is -1.99. The molecular weight excluding hydrogens is 354 g/mol. The van der Waals surface area contributed by atoms with Crippen molar-refractivity contribution in [3.63, 3.8) is 0 Å². The normalized spacial score (nSPS) is 11.0. The predicted molar refractivity (Wildman–Crippen MR) is 111 cm³/mol.